The summed E-state index contributed by atoms with van der Waals surface area (Å²) in [7, 11) is 0. The van der Waals surface area contributed by atoms with E-state index in [-0.39, 0.29) is 17.6 Å². The minimum atomic E-state index is -0.154. The number of carbonyl (C=O) groups excluding carboxylic acids is 2. The summed E-state index contributed by atoms with van der Waals surface area (Å²) in [4.78, 5) is 25.8. The first-order valence-corrected chi connectivity index (χ1v) is 7.05. The molecule has 1 aromatic carbocycles. The van der Waals surface area contributed by atoms with E-state index in [4.69, 9.17) is 23.2 Å². The summed E-state index contributed by atoms with van der Waals surface area (Å²) < 4.78 is 0. The molecule has 0 bridgehead atoms. The number of piperidine rings is 1. The normalized spacial score (nSPS) is 19.6. The predicted octanol–water partition coefficient (Wildman–Crippen LogP) is 3.43. The Bertz CT molecular complexity index is 516. The van der Waals surface area contributed by atoms with Crippen molar-refractivity contribution in [2.45, 2.75) is 19.8 Å². The number of nitrogens with zero attached hydrogens (tertiary/aromatic N) is 1. The van der Waals surface area contributed by atoms with Gasteiger partial charge in [0.05, 0.1) is 10.6 Å². The number of hydrogen-bond acceptors (Lipinski definition) is 2. The maximum absolute atomic E-state index is 12.4. The van der Waals surface area contributed by atoms with E-state index in [1.165, 1.54) is 0 Å². The van der Waals surface area contributed by atoms with Crippen LogP contribution in [0.2, 0.25) is 10.0 Å². The molecule has 1 saturated heterocycles. The summed E-state index contributed by atoms with van der Waals surface area (Å²) in [5.74, 6) is 0.0258. The molecule has 1 aromatic rings. The molecule has 3 nitrogen and oxygen atoms in total. The van der Waals surface area contributed by atoms with Crippen molar-refractivity contribution in [2.24, 2.45) is 5.92 Å². The highest BCUT2D eigenvalue weighted by Crippen LogP contribution is 2.24. The Morgan fingerprint density at radius 2 is 2.16 bits per heavy atom. The van der Waals surface area contributed by atoms with E-state index in [9.17, 15) is 9.59 Å². The van der Waals surface area contributed by atoms with Gasteiger partial charge in [0.25, 0.3) is 5.91 Å². The largest absolute Gasteiger partial charge is 0.337 e. The third-order valence-electron chi connectivity index (χ3n) is 3.46. The predicted molar refractivity (Wildman–Crippen MR) is 75.8 cm³/mol. The van der Waals surface area contributed by atoms with Gasteiger partial charge in [-0.3, -0.25) is 9.59 Å². The van der Waals surface area contributed by atoms with E-state index >= 15 is 0 Å². The SMILES string of the molecule is CCC1CN(C(=O)c2cc(Cl)ccc2Cl)CCC1=O. The van der Waals surface area contributed by atoms with E-state index in [1.54, 1.807) is 23.1 Å². The van der Waals surface area contributed by atoms with Crippen molar-refractivity contribution in [2.75, 3.05) is 13.1 Å². The number of ketones is 1. The maximum Gasteiger partial charge on any atom is 0.255 e. The first kappa shape index (κ1) is 14.4. The Hall–Kier alpha value is -1.06. The highest BCUT2D eigenvalue weighted by atomic mass is 35.5. The van der Waals surface area contributed by atoms with Crippen molar-refractivity contribution in [3.05, 3.63) is 33.8 Å². The number of Topliss-reactive ketones (excluding diaryl/α,β-unsaturated/α-hetero) is 1. The summed E-state index contributed by atoms with van der Waals surface area (Å²) in [6.45, 7) is 2.89. The van der Waals surface area contributed by atoms with Crippen LogP contribution in [0.3, 0.4) is 0 Å². The molecule has 1 aliphatic heterocycles. The summed E-state index contributed by atoms with van der Waals surface area (Å²) in [5, 5.41) is 0.868. The van der Waals surface area contributed by atoms with Gasteiger partial charge in [0.1, 0.15) is 5.78 Å². The number of carbonyl (C=O) groups is 2. The fourth-order valence-corrected chi connectivity index (χ4v) is 2.65. The van der Waals surface area contributed by atoms with E-state index < -0.39 is 0 Å². The van der Waals surface area contributed by atoms with Crippen LogP contribution in [0.25, 0.3) is 0 Å². The highest BCUT2D eigenvalue weighted by molar-refractivity contribution is 6.35. The van der Waals surface area contributed by atoms with Crippen LogP contribution in [0.1, 0.15) is 30.1 Å². The summed E-state index contributed by atoms with van der Waals surface area (Å²) >= 11 is 11.9. The van der Waals surface area contributed by atoms with Crippen molar-refractivity contribution in [1.82, 2.24) is 4.90 Å². The molecule has 102 valence electrons. The number of likely N-dealkylation sites (tertiary alicyclic amines) is 1. The average Bonchev–Trinajstić information content (AvgIpc) is 2.41. The van der Waals surface area contributed by atoms with E-state index in [1.807, 2.05) is 6.92 Å². The minimum absolute atomic E-state index is 0.0596. The van der Waals surface area contributed by atoms with Crippen LogP contribution < -0.4 is 0 Å². The first-order valence-electron chi connectivity index (χ1n) is 6.30. The highest BCUT2D eigenvalue weighted by Gasteiger charge is 2.29. The lowest BCUT2D eigenvalue weighted by atomic mass is 9.93. The van der Waals surface area contributed by atoms with Crippen molar-refractivity contribution in [1.29, 1.82) is 0 Å². The van der Waals surface area contributed by atoms with Gasteiger partial charge >= 0.3 is 0 Å². The smallest absolute Gasteiger partial charge is 0.255 e. The minimum Gasteiger partial charge on any atom is -0.337 e. The third-order valence-corrected chi connectivity index (χ3v) is 4.03. The van der Waals surface area contributed by atoms with Gasteiger partial charge in [-0.2, -0.15) is 0 Å². The first-order chi connectivity index (χ1) is 9.02. The average molecular weight is 300 g/mol. The molecule has 1 amide bonds. The molecule has 2 rings (SSSR count). The second-order valence-corrected chi connectivity index (χ2v) is 5.54. The molecule has 0 radical (unpaired) electrons. The number of benzene rings is 1. The zero-order valence-electron chi connectivity index (χ0n) is 10.7. The Balaban J connectivity index is 2.20. The lowest BCUT2D eigenvalue weighted by molar-refractivity contribution is -0.125. The Morgan fingerprint density at radius 1 is 1.42 bits per heavy atom. The zero-order chi connectivity index (χ0) is 14.0. The molecule has 0 saturated carbocycles. The molecule has 5 heteroatoms. The van der Waals surface area contributed by atoms with Crippen LogP contribution in [0.5, 0.6) is 0 Å². The molecule has 1 atom stereocenters. The van der Waals surface area contributed by atoms with Crippen LogP contribution in [-0.2, 0) is 4.79 Å². The number of amides is 1. The topological polar surface area (TPSA) is 37.4 Å². The molecule has 19 heavy (non-hydrogen) atoms. The van der Waals surface area contributed by atoms with Gasteiger partial charge in [0.15, 0.2) is 0 Å². The fraction of sp³-hybridized carbons (Fsp3) is 0.429. The lowest BCUT2D eigenvalue weighted by Crippen LogP contribution is -2.44. The molecule has 1 heterocycles. The van der Waals surface area contributed by atoms with E-state index in [2.05, 4.69) is 0 Å². The van der Waals surface area contributed by atoms with Gasteiger partial charge in [-0.25, -0.2) is 0 Å². The van der Waals surface area contributed by atoms with Crippen molar-refractivity contribution in [3.63, 3.8) is 0 Å². The molecule has 1 fully saturated rings. The van der Waals surface area contributed by atoms with Gasteiger partial charge in [-0.15, -0.1) is 0 Å². The second-order valence-electron chi connectivity index (χ2n) is 4.70. The number of halogens is 2. The molecular formula is C14H15Cl2NO2. The standard InChI is InChI=1S/C14H15Cl2NO2/c1-2-9-8-17(6-5-13(9)18)14(19)11-7-10(15)3-4-12(11)16/h3-4,7,9H,2,5-6,8H2,1H3. The molecule has 0 aromatic heterocycles. The molecule has 1 unspecified atom stereocenters. The van der Waals surface area contributed by atoms with Crippen LogP contribution >= 0.6 is 23.2 Å². The summed E-state index contributed by atoms with van der Waals surface area (Å²) in [6.07, 6.45) is 1.17. The van der Waals surface area contributed by atoms with Crippen LogP contribution in [0.15, 0.2) is 18.2 Å². The molecule has 0 N–H and O–H groups in total. The summed E-state index contributed by atoms with van der Waals surface area (Å²) in [5.41, 5.74) is 0.401. The quantitative estimate of drug-likeness (QED) is 0.839. The monoisotopic (exact) mass is 299 g/mol. The summed E-state index contributed by atoms with van der Waals surface area (Å²) in [6, 6.07) is 4.84. The number of hydrogen-bond donors (Lipinski definition) is 0. The van der Waals surface area contributed by atoms with E-state index in [0.29, 0.717) is 35.1 Å². The van der Waals surface area contributed by atoms with Crippen molar-refractivity contribution in [3.8, 4) is 0 Å². The van der Waals surface area contributed by atoms with Gasteiger partial charge < -0.3 is 4.90 Å². The van der Waals surface area contributed by atoms with Crippen molar-refractivity contribution >= 4 is 34.9 Å². The number of rotatable bonds is 2. The Labute approximate surface area is 122 Å². The van der Waals surface area contributed by atoms with Gasteiger partial charge in [0.2, 0.25) is 0 Å². The molecule has 0 aliphatic carbocycles. The maximum atomic E-state index is 12.4. The van der Waals surface area contributed by atoms with Crippen LogP contribution in [0.4, 0.5) is 0 Å². The fourth-order valence-electron chi connectivity index (χ4n) is 2.28. The van der Waals surface area contributed by atoms with Gasteiger partial charge in [-0.05, 0) is 24.6 Å². The zero-order valence-corrected chi connectivity index (χ0v) is 12.2. The van der Waals surface area contributed by atoms with Gasteiger partial charge in [-0.1, -0.05) is 30.1 Å². The molecular weight excluding hydrogens is 285 g/mol. The van der Waals surface area contributed by atoms with Crippen LogP contribution in [0, 0.1) is 5.92 Å². The van der Waals surface area contributed by atoms with Crippen LogP contribution in [-0.4, -0.2) is 29.7 Å². The Kier molecular flexibility index (Phi) is 4.48. The van der Waals surface area contributed by atoms with Gasteiger partial charge in [0, 0.05) is 30.5 Å². The van der Waals surface area contributed by atoms with Crippen molar-refractivity contribution < 1.29 is 9.59 Å². The molecule has 0 spiro atoms. The third kappa shape index (κ3) is 3.10. The Morgan fingerprint density at radius 3 is 2.84 bits per heavy atom. The molecule has 1 aliphatic rings. The second kappa shape index (κ2) is 5.93. The van der Waals surface area contributed by atoms with E-state index in [0.717, 1.165) is 6.42 Å². The lowest BCUT2D eigenvalue weighted by Gasteiger charge is -2.31.